The van der Waals surface area contributed by atoms with E-state index in [0.717, 1.165) is 16.4 Å². The summed E-state index contributed by atoms with van der Waals surface area (Å²) in [5.74, 6) is 0. The van der Waals surface area contributed by atoms with Gasteiger partial charge in [0.2, 0.25) is 0 Å². The number of nitrogens with two attached hydrogens (primary N) is 1. The molecule has 0 fully saturated rings. The van der Waals surface area contributed by atoms with Crippen LogP contribution in [0, 0.1) is 0 Å². The van der Waals surface area contributed by atoms with E-state index in [2.05, 4.69) is 29.1 Å². The zero-order valence-electron chi connectivity index (χ0n) is 11.1. The second kappa shape index (κ2) is 6.48. The van der Waals surface area contributed by atoms with E-state index in [-0.39, 0.29) is 12.1 Å². The van der Waals surface area contributed by atoms with Gasteiger partial charge in [-0.05, 0) is 37.7 Å². The highest BCUT2D eigenvalue weighted by molar-refractivity contribution is 7.16. The average molecular weight is 296 g/mol. The molecule has 2 heterocycles. The summed E-state index contributed by atoms with van der Waals surface area (Å²) < 4.78 is 0.821. The molecule has 2 atom stereocenters. The number of halogens is 1. The summed E-state index contributed by atoms with van der Waals surface area (Å²) in [6.07, 6.45) is 3.66. The van der Waals surface area contributed by atoms with Crippen LogP contribution in [-0.2, 0) is 6.54 Å². The predicted molar refractivity (Wildman–Crippen MR) is 81.4 cm³/mol. The average Bonchev–Trinajstić information content (AvgIpc) is 2.75. The lowest BCUT2D eigenvalue weighted by Gasteiger charge is -2.30. The zero-order chi connectivity index (χ0) is 13.8. The van der Waals surface area contributed by atoms with E-state index in [1.807, 2.05) is 25.3 Å². The lowest BCUT2D eigenvalue weighted by molar-refractivity contribution is 0.212. The minimum atomic E-state index is 0.0321. The summed E-state index contributed by atoms with van der Waals surface area (Å²) in [7, 11) is 2.08. The number of rotatable bonds is 5. The Morgan fingerprint density at radius 2 is 2.21 bits per heavy atom. The first-order valence-corrected chi connectivity index (χ1v) is 7.37. The van der Waals surface area contributed by atoms with E-state index >= 15 is 0 Å². The van der Waals surface area contributed by atoms with Crippen molar-refractivity contribution >= 4 is 22.9 Å². The van der Waals surface area contributed by atoms with E-state index in [9.17, 15) is 0 Å². The van der Waals surface area contributed by atoms with Gasteiger partial charge in [-0.15, -0.1) is 11.3 Å². The molecule has 0 saturated heterocycles. The minimum absolute atomic E-state index is 0.0321. The molecule has 2 rings (SSSR count). The first kappa shape index (κ1) is 14.5. The van der Waals surface area contributed by atoms with Crippen LogP contribution in [0.4, 0.5) is 0 Å². The number of nitrogens with zero attached hydrogens (tertiary/aromatic N) is 2. The highest BCUT2D eigenvalue weighted by Gasteiger charge is 2.21. The van der Waals surface area contributed by atoms with E-state index in [1.165, 1.54) is 4.88 Å². The summed E-state index contributed by atoms with van der Waals surface area (Å²) in [6, 6.07) is 8.18. The molecule has 2 aromatic rings. The molecular formula is C14H18ClN3S. The van der Waals surface area contributed by atoms with Crippen LogP contribution in [0.1, 0.15) is 23.4 Å². The van der Waals surface area contributed by atoms with Crippen molar-refractivity contribution in [1.29, 1.82) is 0 Å². The largest absolute Gasteiger partial charge is 0.326 e. The topological polar surface area (TPSA) is 42.1 Å². The molecule has 19 heavy (non-hydrogen) atoms. The van der Waals surface area contributed by atoms with Gasteiger partial charge in [0.1, 0.15) is 0 Å². The predicted octanol–water partition coefficient (Wildman–Crippen LogP) is 3.32. The van der Waals surface area contributed by atoms with Gasteiger partial charge in [0.15, 0.2) is 0 Å². The third kappa shape index (κ3) is 3.76. The van der Waals surface area contributed by atoms with E-state index in [0.29, 0.717) is 0 Å². The third-order valence-electron chi connectivity index (χ3n) is 3.03. The quantitative estimate of drug-likeness (QED) is 0.920. The Kier molecular flexibility index (Phi) is 4.93. The Balaban J connectivity index is 2.15. The molecule has 3 nitrogen and oxygen atoms in total. The number of thiophene rings is 1. The lowest BCUT2D eigenvalue weighted by atomic mass is 10.0. The molecule has 102 valence electrons. The molecule has 0 saturated carbocycles. The molecule has 2 N–H and O–H groups in total. The van der Waals surface area contributed by atoms with Gasteiger partial charge in [-0.1, -0.05) is 17.7 Å². The minimum Gasteiger partial charge on any atom is -0.326 e. The van der Waals surface area contributed by atoms with Crippen LogP contribution in [0.5, 0.6) is 0 Å². The van der Waals surface area contributed by atoms with Gasteiger partial charge in [-0.25, -0.2) is 0 Å². The van der Waals surface area contributed by atoms with Crippen molar-refractivity contribution in [3.8, 4) is 0 Å². The highest BCUT2D eigenvalue weighted by atomic mass is 35.5. The van der Waals surface area contributed by atoms with Gasteiger partial charge in [-0.2, -0.15) is 0 Å². The Bertz CT molecular complexity index is 512. The van der Waals surface area contributed by atoms with Gasteiger partial charge < -0.3 is 5.73 Å². The molecular weight excluding hydrogens is 278 g/mol. The fourth-order valence-electron chi connectivity index (χ4n) is 2.29. The fraction of sp³-hybridized carbons (Fsp3) is 0.357. The van der Waals surface area contributed by atoms with Gasteiger partial charge in [0.05, 0.1) is 10.4 Å². The second-order valence-electron chi connectivity index (χ2n) is 4.71. The molecule has 0 aliphatic heterocycles. The normalized spacial score (nSPS) is 14.6. The van der Waals surface area contributed by atoms with Crippen molar-refractivity contribution in [1.82, 2.24) is 9.88 Å². The molecule has 0 spiro atoms. The lowest BCUT2D eigenvalue weighted by Crippen LogP contribution is -2.36. The molecule has 2 unspecified atom stereocenters. The molecule has 0 aliphatic rings. The smallest absolute Gasteiger partial charge is 0.0931 e. The Labute approximate surface area is 123 Å². The van der Waals surface area contributed by atoms with E-state index in [4.69, 9.17) is 17.3 Å². The van der Waals surface area contributed by atoms with Crippen molar-refractivity contribution in [2.45, 2.75) is 25.6 Å². The van der Waals surface area contributed by atoms with Crippen LogP contribution in [0.2, 0.25) is 4.34 Å². The number of hydrogen-bond acceptors (Lipinski definition) is 4. The van der Waals surface area contributed by atoms with Crippen LogP contribution < -0.4 is 5.73 Å². The highest BCUT2D eigenvalue weighted by Crippen LogP contribution is 2.27. The SMILES string of the molecule is CC(N)C(c1cccnc1)N(C)Cc1ccc(Cl)s1. The van der Waals surface area contributed by atoms with Gasteiger partial charge in [0.25, 0.3) is 0 Å². The van der Waals surface area contributed by atoms with Crippen LogP contribution in [0.25, 0.3) is 0 Å². The molecule has 0 aromatic carbocycles. The van der Waals surface area contributed by atoms with E-state index < -0.39 is 0 Å². The standard InChI is InChI=1S/C14H18ClN3S/c1-10(16)14(11-4-3-7-17-8-11)18(2)9-12-5-6-13(15)19-12/h3-8,10,14H,9,16H2,1-2H3. The van der Waals surface area contributed by atoms with Crippen molar-refractivity contribution < 1.29 is 0 Å². The van der Waals surface area contributed by atoms with Gasteiger partial charge in [0, 0.05) is 29.9 Å². The van der Waals surface area contributed by atoms with E-state index in [1.54, 1.807) is 17.5 Å². The Morgan fingerprint density at radius 3 is 2.74 bits per heavy atom. The van der Waals surface area contributed by atoms with Crippen LogP contribution in [0.3, 0.4) is 0 Å². The Morgan fingerprint density at radius 1 is 1.42 bits per heavy atom. The summed E-state index contributed by atoms with van der Waals surface area (Å²) in [5.41, 5.74) is 7.28. The number of likely N-dealkylation sites (N-methyl/N-ethyl adjacent to an activating group) is 1. The molecule has 0 radical (unpaired) electrons. The molecule has 0 aliphatic carbocycles. The zero-order valence-corrected chi connectivity index (χ0v) is 12.7. The van der Waals surface area contributed by atoms with Crippen LogP contribution in [-0.4, -0.2) is 23.0 Å². The first-order chi connectivity index (χ1) is 9.08. The molecule has 0 bridgehead atoms. The first-order valence-electron chi connectivity index (χ1n) is 6.18. The number of hydrogen-bond donors (Lipinski definition) is 1. The van der Waals surface area contributed by atoms with Crippen molar-refractivity contribution in [2.24, 2.45) is 5.73 Å². The summed E-state index contributed by atoms with van der Waals surface area (Å²) >= 11 is 7.58. The number of pyridine rings is 1. The summed E-state index contributed by atoms with van der Waals surface area (Å²) in [6.45, 7) is 2.86. The summed E-state index contributed by atoms with van der Waals surface area (Å²) in [4.78, 5) is 7.66. The molecule has 0 amide bonds. The Hall–Kier alpha value is -0.940. The molecule has 2 aromatic heterocycles. The third-order valence-corrected chi connectivity index (χ3v) is 4.25. The monoisotopic (exact) mass is 295 g/mol. The number of aromatic nitrogens is 1. The van der Waals surface area contributed by atoms with Gasteiger partial charge in [-0.3, -0.25) is 9.88 Å². The van der Waals surface area contributed by atoms with Crippen LogP contribution in [0.15, 0.2) is 36.7 Å². The fourth-order valence-corrected chi connectivity index (χ4v) is 3.44. The van der Waals surface area contributed by atoms with Gasteiger partial charge >= 0.3 is 0 Å². The maximum absolute atomic E-state index is 6.14. The van der Waals surface area contributed by atoms with Crippen molar-refractivity contribution in [2.75, 3.05) is 7.05 Å². The summed E-state index contributed by atoms with van der Waals surface area (Å²) in [5, 5.41) is 0. The molecule has 5 heteroatoms. The maximum Gasteiger partial charge on any atom is 0.0931 e. The maximum atomic E-state index is 6.14. The van der Waals surface area contributed by atoms with Crippen molar-refractivity contribution in [3.63, 3.8) is 0 Å². The van der Waals surface area contributed by atoms with Crippen molar-refractivity contribution in [3.05, 3.63) is 51.4 Å². The second-order valence-corrected chi connectivity index (χ2v) is 6.51. The van der Waals surface area contributed by atoms with Crippen LogP contribution >= 0.6 is 22.9 Å².